The van der Waals surface area contributed by atoms with Crippen molar-refractivity contribution in [3.05, 3.63) is 68.4 Å². The Bertz CT molecular complexity index is 1420. The number of nitrogens with zero attached hydrogens (tertiary/aromatic N) is 2. The minimum absolute atomic E-state index is 0.190. The lowest BCUT2D eigenvalue weighted by molar-refractivity contribution is -0.192. The van der Waals surface area contributed by atoms with Crippen molar-refractivity contribution in [3.63, 3.8) is 0 Å². The largest absolute Gasteiger partial charge is 0.490 e. The van der Waals surface area contributed by atoms with Crippen LogP contribution in [0.4, 0.5) is 17.6 Å². The molecule has 42 heavy (non-hydrogen) atoms. The number of amides is 1. The van der Waals surface area contributed by atoms with Crippen molar-refractivity contribution in [3.8, 4) is 0 Å². The molecule has 0 unspecified atom stereocenters. The van der Waals surface area contributed by atoms with Crippen molar-refractivity contribution in [2.75, 3.05) is 26.2 Å². The molecule has 5 rings (SSSR count). The summed E-state index contributed by atoms with van der Waals surface area (Å²) < 4.78 is 73.1. The van der Waals surface area contributed by atoms with Crippen molar-refractivity contribution in [2.45, 2.75) is 56.1 Å². The van der Waals surface area contributed by atoms with Gasteiger partial charge in [0.15, 0.2) is 0 Å². The first kappa shape index (κ1) is 32.5. The first-order valence-corrected chi connectivity index (χ1v) is 15.5. The third-order valence-corrected chi connectivity index (χ3v) is 9.37. The average Bonchev–Trinajstić information content (AvgIpc) is 3.78. The second-order valence-corrected chi connectivity index (χ2v) is 13.4. The molecule has 0 aromatic heterocycles. The number of rotatable bonds is 8. The fourth-order valence-electron chi connectivity index (χ4n) is 4.67. The fourth-order valence-corrected chi connectivity index (χ4v) is 6.53. The molecule has 8 nitrogen and oxygen atoms in total. The maximum atomic E-state index is 15.0. The van der Waals surface area contributed by atoms with E-state index < -0.39 is 39.1 Å². The van der Waals surface area contributed by atoms with E-state index in [1.54, 1.807) is 12.1 Å². The molecule has 3 aliphatic rings. The van der Waals surface area contributed by atoms with Crippen LogP contribution in [-0.4, -0.2) is 72.8 Å². The van der Waals surface area contributed by atoms with Crippen LogP contribution in [0, 0.1) is 5.82 Å². The normalized spacial score (nSPS) is 18.2. The number of carboxylic acid groups (broad SMARTS) is 1. The lowest BCUT2D eigenvalue weighted by atomic mass is 9.98. The van der Waals surface area contributed by atoms with Gasteiger partial charge in [0, 0.05) is 49.3 Å². The van der Waals surface area contributed by atoms with Crippen LogP contribution in [0.2, 0.25) is 10.0 Å². The second kappa shape index (κ2) is 13.0. The second-order valence-electron chi connectivity index (χ2n) is 10.6. The SMILES string of the molecule is O=C(NS(=O)(=O)C1CC1)c1cc(C2CC2)c(CN2CCN(Cc3cc(Cl)cc(Cl)c3)CC2)cc1F.O=C(O)C(F)(F)F. The molecule has 1 saturated heterocycles. The van der Waals surface area contributed by atoms with Gasteiger partial charge in [-0.25, -0.2) is 22.3 Å². The molecule has 2 N–H and O–H groups in total. The van der Waals surface area contributed by atoms with Gasteiger partial charge in [-0.05, 0) is 78.6 Å². The molecule has 0 spiro atoms. The molecule has 230 valence electrons. The highest BCUT2D eigenvalue weighted by Gasteiger charge is 2.39. The number of nitrogens with one attached hydrogen (secondary N) is 1. The zero-order valence-electron chi connectivity index (χ0n) is 22.3. The summed E-state index contributed by atoms with van der Waals surface area (Å²) in [6.45, 7) is 4.77. The van der Waals surface area contributed by atoms with Crippen LogP contribution in [-0.2, 0) is 27.9 Å². The number of halogens is 6. The van der Waals surface area contributed by atoms with Gasteiger partial charge in [0.25, 0.3) is 5.91 Å². The summed E-state index contributed by atoms with van der Waals surface area (Å²) in [7, 11) is -3.73. The van der Waals surface area contributed by atoms with Crippen molar-refractivity contribution >= 4 is 45.1 Å². The average molecular weight is 655 g/mol. The molecule has 2 aromatic rings. The highest BCUT2D eigenvalue weighted by atomic mass is 35.5. The number of carbonyl (C=O) groups excluding carboxylic acids is 1. The van der Waals surface area contributed by atoms with Crippen LogP contribution >= 0.6 is 23.2 Å². The number of alkyl halides is 3. The number of hydrogen-bond donors (Lipinski definition) is 2. The number of benzene rings is 2. The van der Waals surface area contributed by atoms with Crippen LogP contribution < -0.4 is 4.72 Å². The number of carbonyl (C=O) groups is 2. The predicted molar refractivity (Wildman–Crippen MR) is 148 cm³/mol. The summed E-state index contributed by atoms with van der Waals surface area (Å²) in [5.41, 5.74) is 2.72. The van der Waals surface area contributed by atoms with Gasteiger partial charge < -0.3 is 5.11 Å². The summed E-state index contributed by atoms with van der Waals surface area (Å²) in [6.07, 6.45) is -2.01. The standard InChI is InChI=1S/C25H28Cl2FN3O3S.C2HF3O2/c26-19-9-16(10-20(27)12-19)14-30-5-7-31(8-6-30)15-18-11-24(28)23(13-22(18)17-1-2-17)25(32)29-35(33,34)21-3-4-21;3-2(4,5)1(6)7/h9-13,17,21H,1-8,14-15H2,(H,29,32);(H,6,7). The molecule has 1 amide bonds. The quantitative estimate of drug-likeness (QED) is 0.378. The monoisotopic (exact) mass is 653 g/mol. The lowest BCUT2D eigenvalue weighted by Gasteiger charge is -2.35. The molecule has 2 aliphatic carbocycles. The summed E-state index contributed by atoms with van der Waals surface area (Å²) >= 11 is 12.2. The summed E-state index contributed by atoms with van der Waals surface area (Å²) in [4.78, 5) is 26.1. The maximum absolute atomic E-state index is 15.0. The lowest BCUT2D eigenvalue weighted by Crippen LogP contribution is -2.45. The Morgan fingerprint density at radius 3 is 1.90 bits per heavy atom. The fraction of sp³-hybridized carbons (Fsp3) is 0.481. The molecule has 2 aromatic carbocycles. The van der Waals surface area contributed by atoms with Gasteiger partial charge in [0.05, 0.1) is 10.8 Å². The van der Waals surface area contributed by atoms with E-state index in [1.165, 1.54) is 6.07 Å². The van der Waals surface area contributed by atoms with Gasteiger partial charge in [-0.3, -0.25) is 14.6 Å². The zero-order valence-corrected chi connectivity index (χ0v) is 24.6. The summed E-state index contributed by atoms with van der Waals surface area (Å²) in [5.74, 6) is -4.01. The summed E-state index contributed by atoms with van der Waals surface area (Å²) in [5, 5.41) is 7.84. The van der Waals surface area contributed by atoms with Gasteiger partial charge >= 0.3 is 12.1 Å². The van der Waals surface area contributed by atoms with Crippen LogP contribution in [0.1, 0.15) is 58.6 Å². The van der Waals surface area contributed by atoms with Crippen LogP contribution in [0.3, 0.4) is 0 Å². The van der Waals surface area contributed by atoms with E-state index in [4.69, 9.17) is 33.1 Å². The third-order valence-electron chi connectivity index (χ3n) is 7.12. The Balaban J connectivity index is 0.000000517. The highest BCUT2D eigenvalue weighted by molar-refractivity contribution is 7.91. The number of carboxylic acids is 1. The molecular weight excluding hydrogens is 625 g/mol. The van der Waals surface area contributed by atoms with Gasteiger partial charge in [-0.1, -0.05) is 23.2 Å². The molecule has 1 aliphatic heterocycles. The van der Waals surface area contributed by atoms with E-state index in [-0.39, 0.29) is 5.56 Å². The number of aliphatic carboxylic acids is 1. The first-order valence-electron chi connectivity index (χ1n) is 13.2. The van der Waals surface area contributed by atoms with Crippen LogP contribution in [0.5, 0.6) is 0 Å². The number of hydrogen-bond acceptors (Lipinski definition) is 6. The van der Waals surface area contributed by atoms with E-state index in [0.29, 0.717) is 35.3 Å². The van der Waals surface area contributed by atoms with Gasteiger partial charge in [-0.2, -0.15) is 13.2 Å². The van der Waals surface area contributed by atoms with Crippen molar-refractivity contribution in [1.29, 1.82) is 0 Å². The number of sulfonamides is 1. The Morgan fingerprint density at radius 1 is 0.905 bits per heavy atom. The topological polar surface area (TPSA) is 107 Å². The Kier molecular flexibility index (Phi) is 10.1. The van der Waals surface area contributed by atoms with Crippen molar-refractivity contribution in [2.24, 2.45) is 0 Å². The minimum atomic E-state index is -5.08. The molecular formula is C27H29Cl2F4N3O5S. The smallest absolute Gasteiger partial charge is 0.475 e. The Hall–Kier alpha value is -2.45. The molecule has 3 fully saturated rings. The zero-order chi connectivity index (χ0) is 30.8. The van der Waals surface area contributed by atoms with Gasteiger partial charge in [0.1, 0.15) is 5.82 Å². The van der Waals surface area contributed by atoms with Crippen molar-refractivity contribution < 1.29 is 40.7 Å². The molecule has 0 atom stereocenters. The first-order chi connectivity index (χ1) is 19.6. The van der Waals surface area contributed by atoms with Crippen molar-refractivity contribution in [1.82, 2.24) is 14.5 Å². The molecule has 1 heterocycles. The predicted octanol–water partition coefficient (Wildman–Crippen LogP) is 5.18. The van der Waals surface area contributed by atoms with E-state index in [0.717, 1.165) is 62.3 Å². The number of piperazine rings is 1. The van der Waals surface area contributed by atoms with E-state index in [2.05, 4.69) is 14.5 Å². The Labute approximate surface area is 250 Å². The van der Waals surface area contributed by atoms with E-state index >= 15 is 0 Å². The maximum Gasteiger partial charge on any atom is 0.490 e. The van der Waals surface area contributed by atoms with Gasteiger partial charge in [-0.15, -0.1) is 0 Å². The third kappa shape index (κ3) is 9.03. The van der Waals surface area contributed by atoms with Gasteiger partial charge in [0.2, 0.25) is 10.0 Å². The molecule has 2 saturated carbocycles. The molecule has 0 radical (unpaired) electrons. The molecule has 0 bridgehead atoms. The molecule has 15 heteroatoms. The summed E-state index contributed by atoms with van der Waals surface area (Å²) in [6, 6.07) is 8.57. The Morgan fingerprint density at radius 2 is 1.43 bits per heavy atom. The van der Waals surface area contributed by atoms with E-state index in [1.807, 2.05) is 12.1 Å². The minimum Gasteiger partial charge on any atom is -0.475 e. The van der Waals surface area contributed by atoms with Crippen LogP contribution in [0.15, 0.2) is 30.3 Å². The highest BCUT2D eigenvalue weighted by Crippen LogP contribution is 2.43. The van der Waals surface area contributed by atoms with Crippen LogP contribution in [0.25, 0.3) is 0 Å². The van der Waals surface area contributed by atoms with E-state index in [9.17, 15) is 30.8 Å².